The normalized spacial score (nSPS) is 19.4. The zero-order valence-corrected chi connectivity index (χ0v) is 18.9. The number of halogens is 2. The molecule has 5 rings (SSSR count). The van der Waals surface area contributed by atoms with E-state index in [0.717, 1.165) is 19.4 Å². The van der Waals surface area contributed by atoms with Crippen molar-refractivity contribution in [2.24, 2.45) is 5.92 Å². The number of aromatic nitrogens is 2. The van der Waals surface area contributed by atoms with Crippen molar-refractivity contribution in [3.05, 3.63) is 66.1 Å². The van der Waals surface area contributed by atoms with Crippen LogP contribution >= 0.6 is 0 Å². The van der Waals surface area contributed by atoms with Crippen LogP contribution in [0.1, 0.15) is 18.7 Å². The van der Waals surface area contributed by atoms with Crippen LogP contribution in [0.15, 0.2) is 53.1 Å². The van der Waals surface area contributed by atoms with Gasteiger partial charge in [0, 0.05) is 38.3 Å². The Bertz CT molecular complexity index is 1130. The standard InChI is InChI=1S/C25H27F2N5O2/c26-20-9-7-18(8-10-20)24-28-23(34-29-24)17-30-11-3-4-19(16-30)25(33)32-14-12-31(13-15-32)22-6-2-1-5-21(22)27/h1-2,5-10,19H,3-4,11-17H2. The average molecular weight is 468 g/mol. The molecule has 9 heteroatoms. The summed E-state index contributed by atoms with van der Waals surface area (Å²) in [6.07, 6.45) is 1.78. The van der Waals surface area contributed by atoms with Gasteiger partial charge in [-0.1, -0.05) is 17.3 Å². The number of piperidine rings is 1. The van der Waals surface area contributed by atoms with Crippen LogP contribution in [0.25, 0.3) is 11.4 Å². The molecule has 2 fully saturated rings. The summed E-state index contributed by atoms with van der Waals surface area (Å²) in [4.78, 5) is 23.7. The lowest BCUT2D eigenvalue weighted by Crippen LogP contribution is -2.52. The third kappa shape index (κ3) is 4.94. The Labute approximate surface area is 197 Å². The molecule has 1 amide bonds. The fourth-order valence-electron chi connectivity index (χ4n) is 4.76. The van der Waals surface area contributed by atoms with E-state index in [9.17, 15) is 13.6 Å². The van der Waals surface area contributed by atoms with Gasteiger partial charge in [-0.2, -0.15) is 4.98 Å². The molecule has 0 radical (unpaired) electrons. The van der Waals surface area contributed by atoms with E-state index in [1.807, 2.05) is 15.9 Å². The van der Waals surface area contributed by atoms with Gasteiger partial charge in [0.2, 0.25) is 17.6 Å². The Morgan fingerprint density at radius 3 is 2.53 bits per heavy atom. The SMILES string of the molecule is O=C(C1CCCN(Cc2nc(-c3ccc(F)cc3)no2)C1)N1CCN(c2ccccc2F)CC1. The van der Waals surface area contributed by atoms with Crippen molar-refractivity contribution in [1.82, 2.24) is 19.9 Å². The number of anilines is 1. The predicted molar refractivity (Wildman–Crippen MR) is 123 cm³/mol. The average Bonchev–Trinajstić information content (AvgIpc) is 3.33. The highest BCUT2D eigenvalue weighted by molar-refractivity contribution is 5.79. The first-order chi connectivity index (χ1) is 16.6. The first kappa shape index (κ1) is 22.5. The summed E-state index contributed by atoms with van der Waals surface area (Å²) in [5.74, 6) is 0.445. The Morgan fingerprint density at radius 1 is 1.00 bits per heavy atom. The van der Waals surface area contributed by atoms with Crippen molar-refractivity contribution in [1.29, 1.82) is 0 Å². The first-order valence-corrected chi connectivity index (χ1v) is 11.7. The van der Waals surface area contributed by atoms with Gasteiger partial charge in [0.15, 0.2) is 0 Å². The molecule has 2 saturated heterocycles. The number of hydrogen-bond donors (Lipinski definition) is 0. The molecule has 34 heavy (non-hydrogen) atoms. The number of para-hydroxylation sites is 1. The van der Waals surface area contributed by atoms with Gasteiger partial charge in [-0.05, 0) is 55.8 Å². The van der Waals surface area contributed by atoms with Crippen molar-refractivity contribution < 1.29 is 18.1 Å². The van der Waals surface area contributed by atoms with Crippen molar-refractivity contribution >= 4 is 11.6 Å². The second kappa shape index (κ2) is 9.89. The zero-order valence-electron chi connectivity index (χ0n) is 18.9. The molecule has 3 heterocycles. The van der Waals surface area contributed by atoms with E-state index < -0.39 is 0 Å². The fraction of sp³-hybridized carbons (Fsp3) is 0.400. The summed E-state index contributed by atoms with van der Waals surface area (Å²) in [5, 5.41) is 4.01. The summed E-state index contributed by atoms with van der Waals surface area (Å²) in [5.41, 5.74) is 1.29. The quantitative estimate of drug-likeness (QED) is 0.572. The minimum absolute atomic E-state index is 0.0757. The van der Waals surface area contributed by atoms with Crippen molar-refractivity contribution in [2.75, 3.05) is 44.2 Å². The van der Waals surface area contributed by atoms with E-state index >= 15 is 0 Å². The molecule has 0 spiro atoms. The van der Waals surface area contributed by atoms with Gasteiger partial charge in [0.05, 0.1) is 18.2 Å². The maximum absolute atomic E-state index is 14.1. The molecule has 0 N–H and O–H groups in total. The van der Waals surface area contributed by atoms with Gasteiger partial charge in [0.1, 0.15) is 11.6 Å². The molecule has 1 unspecified atom stereocenters. The summed E-state index contributed by atoms with van der Waals surface area (Å²) in [6.45, 7) is 4.40. The molecule has 1 atom stereocenters. The molecule has 3 aromatic rings. The second-order valence-electron chi connectivity index (χ2n) is 8.86. The number of nitrogens with zero attached hydrogens (tertiary/aromatic N) is 5. The Hall–Kier alpha value is -3.33. The molecular formula is C25H27F2N5O2. The van der Waals surface area contributed by atoms with E-state index in [1.54, 1.807) is 24.3 Å². The van der Waals surface area contributed by atoms with Crippen LogP contribution in [-0.2, 0) is 11.3 Å². The number of rotatable bonds is 5. The lowest BCUT2D eigenvalue weighted by Gasteiger charge is -2.39. The molecule has 2 aliphatic heterocycles. The largest absolute Gasteiger partial charge is 0.366 e. The summed E-state index contributed by atoms with van der Waals surface area (Å²) in [6, 6.07) is 12.7. The van der Waals surface area contributed by atoms with Gasteiger partial charge < -0.3 is 14.3 Å². The number of carbonyl (C=O) groups is 1. The topological polar surface area (TPSA) is 65.7 Å². The monoisotopic (exact) mass is 467 g/mol. The number of piperazine rings is 1. The van der Waals surface area contributed by atoms with E-state index in [-0.39, 0.29) is 23.5 Å². The van der Waals surface area contributed by atoms with Crippen LogP contribution in [0.2, 0.25) is 0 Å². The maximum atomic E-state index is 14.1. The number of carbonyl (C=O) groups excluding carboxylic acids is 1. The third-order valence-electron chi connectivity index (χ3n) is 6.57. The van der Waals surface area contributed by atoms with Gasteiger partial charge in [0.25, 0.3) is 0 Å². The summed E-state index contributed by atoms with van der Waals surface area (Å²) < 4.78 is 32.6. The molecule has 1 aromatic heterocycles. The molecule has 7 nitrogen and oxygen atoms in total. The van der Waals surface area contributed by atoms with Crippen molar-refractivity contribution in [2.45, 2.75) is 19.4 Å². The second-order valence-corrected chi connectivity index (χ2v) is 8.86. The smallest absolute Gasteiger partial charge is 0.241 e. The van der Waals surface area contributed by atoms with Crippen LogP contribution in [0.3, 0.4) is 0 Å². The number of amides is 1. The molecular weight excluding hydrogens is 440 g/mol. The van der Waals surface area contributed by atoms with Gasteiger partial charge in [-0.15, -0.1) is 0 Å². The third-order valence-corrected chi connectivity index (χ3v) is 6.57. The fourth-order valence-corrected chi connectivity index (χ4v) is 4.76. The maximum Gasteiger partial charge on any atom is 0.241 e. The Kier molecular flexibility index (Phi) is 6.53. The van der Waals surface area contributed by atoms with Gasteiger partial charge >= 0.3 is 0 Å². The van der Waals surface area contributed by atoms with Crippen LogP contribution < -0.4 is 4.90 Å². The van der Waals surface area contributed by atoms with Gasteiger partial charge in [-0.3, -0.25) is 9.69 Å². The first-order valence-electron chi connectivity index (χ1n) is 11.7. The molecule has 0 aliphatic carbocycles. The predicted octanol–water partition coefficient (Wildman–Crippen LogP) is 3.58. The highest BCUT2D eigenvalue weighted by Crippen LogP contribution is 2.24. The lowest BCUT2D eigenvalue weighted by atomic mass is 9.96. The molecule has 178 valence electrons. The van der Waals surface area contributed by atoms with Crippen LogP contribution in [-0.4, -0.2) is 65.1 Å². The number of hydrogen-bond acceptors (Lipinski definition) is 6. The van der Waals surface area contributed by atoms with E-state index in [2.05, 4.69) is 15.0 Å². The summed E-state index contributed by atoms with van der Waals surface area (Å²) in [7, 11) is 0. The van der Waals surface area contributed by atoms with E-state index in [4.69, 9.17) is 4.52 Å². The Morgan fingerprint density at radius 2 is 1.76 bits per heavy atom. The van der Waals surface area contributed by atoms with E-state index in [1.165, 1.54) is 18.2 Å². The van der Waals surface area contributed by atoms with Crippen LogP contribution in [0.5, 0.6) is 0 Å². The number of benzene rings is 2. The molecule has 2 aromatic carbocycles. The van der Waals surface area contributed by atoms with Crippen LogP contribution in [0.4, 0.5) is 14.5 Å². The Balaban J connectivity index is 1.15. The van der Waals surface area contributed by atoms with Crippen molar-refractivity contribution in [3.8, 4) is 11.4 Å². The van der Waals surface area contributed by atoms with Crippen LogP contribution in [0, 0.1) is 17.6 Å². The highest BCUT2D eigenvalue weighted by Gasteiger charge is 2.32. The number of likely N-dealkylation sites (tertiary alicyclic amines) is 1. The van der Waals surface area contributed by atoms with Crippen molar-refractivity contribution in [3.63, 3.8) is 0 Å². The minimum Gasteiger partial charge on any atom is -0.366 e. The minimum atomic E-state index is -0.315. The lowest BCUT2D eigenvalue weighted by molar-refractivity contribution is -0.137. The molecule has 2 aliphatic rings. The van der Waals surface area contributed by atoms with Gasteiger partial charge in [-0.25, -0.2) is 8.78 Å². The van der Waals surface area contributed by atoms with E-state index in [0.29, 0.717) is 62.2 Å². The molecule has 0 saturated carbocycles. The summed E-state index contributed by atoms with van der Waals surface area (Å²) >= 11 is 0. The zero-order chi connectivity index (χ0) is 23.5. The highest BCUT2D eigenvalue weighted by atomic mass is 19.1. The molecule has 0 bridgehead atoms.